The first-order chi connectivity index (χ1) is 8.60. The lowest BCUT2D eigenvalue weighted by atomic mass is 10.2. The SMILES string of the molecule is Cc1cc(Oc2ccc(C#N)cc2Cl)ccc1F. The number of benzene rings is 2. The Balaban J connectivity index is 2.29. The molecule has 0 spiro atoms. The van der Waals surface area contributed by atoms with Crippen molar-refractivity contribution in [1.82, 2.24) is 0 Å². The molecule has 0 radical (unpaired) electrons. The van der Waals surface area contributed by atoms with Gasteiger partial charge in [-0.25, -0.2) is 4.39 Å². The Hall–Kier alpha value is -2.05. The van der Waals surface area contributed by atoms with E-state index in [2.05, 4.69) is 0 Å². The minimum atomic E-state index is -0.284. The number of aryl methyl sites for hydroxylation is 1. The largest absolute Gasteiger partial charge is 0.456 e. The molecule has 2 nitrogen and oxygen atoms in total. The average molecular weight is 262 g/mol. The van der Waals surface area contributed by atoms with Gasteiger partial charge in [0, 0.05) is 0 Å². The molecule has 2 aromatic carbocycles. The Kier molecular flexibility index (Phi) is 3.50. The summed E-state index contributed by atoms with van der Waals surface area (Å²) in [7, 11) is 0. The van der Waals surface area contributed by atoms with Crippen LogP contribution in [0.4, 0.5) is 4.39 Å². The van der Waals surface area contributed by atoms with Crippen LogP contribution < -0.4 is 4.74 Å². The fourth-order valence-electron chi connectivity index (χ4n) is 1.46. The molecule has 90 valence electrons. The maximum absolute atomic E-state index is 13.1. The molecule has 0 aliphatic carbocycles. The molecule has 0 saturated heterocycles. The summed E-state index contributed by atoms with van der Waals surface area (Å²) < 4.78 is 18.6. The molecule has 0 aliphatic heterocycles. The van der Waals surface area contributed by atoms with Gasteiger partial charge >= 0.3 is 0 Å². The molecule has 0 saturated carbocycles. The maximum atomic E-state index is 13.1. The lowest BCUT2D eigenvalue weighted by molar-refractivity contribution is 0.480. The molecule has 4 heteroatoms. The summed E-state index contributed by atoms with van der Waals surface area (Å²) in [6.45, 7) is 1.66. The topological polar surface area (TPSA) is 33.0 Å². The monoisotopic (exact) mass is 261 g/mol. The van der Waals surface area contributed by atoms with Gasteiger partial charge in [0.15, 0.2) is 0 Å². The Morgan fingerprint density at radius 2 is 2.00 bits per heavy atom. The van der Waals surface area contributed by atoms with Crippen molar-refractivity contribution >= 4 is 11.6 Å². The first kappa shape index (κ1) is 12.4. The second-order valence-corrected chi connectivity index (χ2v) is 4.18. The van der Waals surface area contributed by atoms with Gasteiger partial charge in [-0.05, 0) is 48.9 Å². The van der Waals surface area contributed by atoms with Crippen LogP contribution in [0.1, 0.15) is 11.1 Å². The number of hydrogen-bond donors (Lipinski definition) is 0. The molecule has 0 unspecified atom stereocenters. The van der Waals surface area contributed by atoms with Crippen molar-refractivity contribution in [3.63, 3.8) is 0 Å². The van der Waals surface area contributed by atoms with E-state index in [1.54, 1.807) is 25.1 Å². The van der Waals surface area contributed by atoms with Crippen LogP contribution in [0.15, 0.2) is 36.4 Å². The van der Waals surface area contributed by atoms with E-state index >= 15 is 0 Å². The number of halogens is 2. The molecule has 0 heterocycles. The van der Waals surface area contributed by atoms with E-state index in [1.807, 2.05) is 6.07 Å². The summed E-state index contributed by atoms with van der Waals surface area (Å²) in [5, 5.41) is 9.06. The first-order valence-electron chi connectivity index (χ1n) is 5.24. The molecular weight excluding hydrogens is 253 g/mol. The first-order valence-corrected chi connectivity index (χ1v) is 5.61. The summed E-state index contributed by atoms with van der Waals surface area (Å²) in [4.78, 5) is 0. The normalized spacial score (nSPS) is 9.89. The highest BCUT2D eigenvalue weighted by Gasteiger charge is 2.06. The van der Waals surface area contributed by atoms with Gasteiger partial charge in [0.25, 0.3) is 0 Å². The minimum Gasteiger partial charge on any atom is -0.456 e. The van der Waals surface area contributed by atoms with E-state index in [9.17, 15) is 4.39 Å². The van der Waals surface area contributed by atoms with Gasteiger partial charge in [-0.3, -0.25) is 0 Å². The lowest BCUT2D eigenvalue weighted by Gasteiger charge is -2.08. The van der Waals surface area contributed by atoms with E-state index < -0.39 is 0 Å². The van der Waals surface area contributed by atoms with Gasteiger partial charge < -0.3 is 4.74 Å². The molecule has 2 aromatic rings. The van der Waals surface area contributed by atoms with Crippen molar-refractivity contribution in [2.24, 2.45) is 0 Å². The van der Waals surface area contributed by atoms with Crippen molar-refractivity contribution in [3.8, 4) is 17.6 Å². The van der Waals surface area contributed by atoms with Crippen LogP contribution in [-0.4, -0.2) is 0 Å². The van der Waals surface area contributed by atoms with Crippen LogP contribution >= 0.6 is 11.6 Å². The number of ether oxygens (including phenoxy) is 1. The third kappa shape index (κ3) is 2.61. The van der Waals surface area contributed by atoms with Crippen LogP contribution in [0.25, 0.3) is 0 Å². The molecule has 18 heavy (non-hydrogen) atoms. The lowest BCUT2D eigenvalue weighted by Crippen LogP contribution is -1.88. The Bertz CT molecular complexity index is 634. The van der Waals surface area contributed by atoms with Crippen molar-refractivity contribution in [2.45, 2.75) is 6.92 Å². The Morgan fingerprint density at radius 1 is 1.22 bits per heavy atom. The summed E-state index contributed by atoms with van der Waals surface area (Å²) in [6, 6.07) is 11.2. The molecule has 0 atom stereocenters. The average Bonchev–Trinajstić information content (AvgIpc) is 2.36. The second kappa shape index (κ2) is 5.07. The van der Waals surface area contributed by atoms with Crippen molar-refractivity contribution in [2.75, 3.05) is 0 Å². The van der Waals surface area contributed by atoms with Crippen LogP contribution in [-0.2, 0) is 0 Å². The van der Waals surface area contributed by atoms with Crippen LogP contribution in [0.5, 0.6) is 11.5 Å². The highest BCUT2D eigenvalue weighted by Crippen LogP contribution is 2.30. The predicted molar refractivity (Wildman–Crippen MR) is 67.4 cm³/mol. The summed E-state index contributed by atoms with van der Waals surface area (Å²) in [5.74, 6) is 0.649. The van der Waals surface area contributed by atoms with Gasteiger partial charge in [-0.2, -0.15) is 5.26 Å². The molecular formula is C14H9ClFNO. The van der Waals surface area contributed by atoms with Gasteiger partial charge in [0.05, 0.1) is 16.7 Å². The van der Waals surface area contributed by atoms with E-state index in [4.69, 9.17) is 21.6 Å². The van der Waals surface area contributed by atoms with Gasteiger partial charge in [-0.15, -0.1) is 0 Å². The number of hydrogen-bond acceptors (Lipinski definition) is 2. The highest BCUT2D eigenvalue weighted by atomic mass is 35.5. The zero-order valence-electron chi connectivity index (χ0n) is 9.58. The number of rotatable bonds is 2. The van der Waals surface area contributed by atoms with E-state index in [1.165, 1.54) is 18.2 Å². The molecule has 0 aliphatic rings. The molecule has 0 bridgehead atoms. The van der Waals surface area contributed by atoms with E-state index in [0.717, 1.165) is 0 Å². The molecule has 0 fully saturated rings. The number of nitriles is 1. The summed E-state index contributed by atoms with van der Waals surface area (Å²) in [6.07, 6.45) is 0. The highest BCUT2D eigenvalue weighted by molar-refractivity contribution is 6.32. The van der Waals surface area contributed by atoms with Crippen molar-refractivity contribution in [1.29, 1.82) is 5.26 Å². The Morgan fingerprint density at radius 3 is 2.61 bits per heavy atom. The van der Waals surface area contributed by atoms with E-state index in [-0.39, 0.29) is 5.82 Å². The predicted octanol–water partition coefficient (Wildman–Crippen LogP) is 4.45. The molecule has 0 N–H and O–H groups in total. The maximum Gasteiger partial charge on any atom is 0.146 e. The standard InChI is InChI=1S/C14H9ClFNO/c1-9-6-11(3-4-13(9)16)18-14-5-2-10(8-17)7-12(14)15/h2-7H,1H3. The van der Waals surface area contributed by atoms with Crippen LogP contribution in [0.3, 0.4) is 0 Å². The molecule has 2 rings (SSSR count). The smallest absolute Gasteiger partial charge is 0.146 e. The van der Waals surface area contributed by atoms with Crippen molar-refractivity contribution in [3.05, 3.63) is 58.4 Å². The van der Waals surface area contributed by atoms with Gasteiger partial charge in [0.2, 0.25) is 0 Å². The van der Waals surface area contributed by atoms with Crippen molar-refractivity contribution < 1.29 is 9.13 Å². The minimum absolute atomic E-state index is 0.284. The van der Waals surface area contributed by atoms with Crippen LogP contribution in [0.2, 0.25) is 5.02 Å². The third-order valence-electron chi connectivity index (χ3n) is 2.42. The molecule has 0 aromatic heterocycles. The molecule has 0 amide bonds. The zero-order valence-corrected chi connectivity index (χ0v) is 10.3. The van der Waals surface area contributed by atoms with Gasteiger partial charge in [-0.1, -0.05) is 11.6 Å². The van der Waals surface area contributed by atoms with Crippen LogP contribution in [0, 0.1) is 24.1 Å². The summed E-state index contributed by atoms with van der Waals surface area (Å²) in [5.41, 5.74) is 0.958. The third-order valence-corrected chi connectivity index (χ3v) is 2.71. The Labute approximate surface area is 109 Å². The quantitative estimate of drug-likeness (QED) is 0.800. The second-order valence-electron chi connectivity index (χ2n) is 3.77. The summed E-state index contributed by atoms with van der Waals surface area (Å²) >= 11 is 5.98. The van der Waals surface area contributed by atoms with E-state index in [0.29, 0.717) is 27.6 Å². The number of nitrogens with zero attached hydrogens (tertiary/aromatic N) is 1. The fraction of sp³-hybridized carbons (Fsp3) is 0.0714. The zero-order chi connectivity index (χ0) is 13.1. The van der Waals surface area contributed by atoms with Gasteiger partial charge in [0.1, 0.15) is 17.3 Å². The fourth-order valence-corrected chi connectivity index (χ4v) is 1.68.